The van der Waals surface area contributed by atoms with Crippen LogP contribution in [0.2, 0.25) is 0 Å². The van der Waals surface area contributed by atoms with E-state index < -0.39 is 96.2 Å². The van der Waals surface area contributed by atoms with Crippen molar-refractivity contribution in [1.29, 1.82) is 0 Å². The van der Waals surface area contributed by atoms with Gasteiger partial charge in [-0.15, -0.1) is 0 Å². The lowest BCUT2D eigenvalue weighted by Gasteiger charge is -2.65. The first kappa shape index (κ1) is 36.7. The van der Waals surface area contributed by atoms with Crippen LogP contribution in [0.4, 0.5) is 0 Å². The van der Waals surface area contributed by atoms with Crippen molar-refractivity contribution in [2.45, 2.75) is 150 Å². The number of esters is 1. The van der Waals surface area contributed by atoms with Crippen LogP contribution in [0.5, 0.6) is 0 Å². The van der Waals surface area contributed by atoms with Crippen molar-refractivity contribution < 1.29 is 74.1 Å². The van der Waals surface area contributed by atoms with Crippen LogP contribution in [-0.2, 0) is 33.3 Å². The maximum absolute atomic E-state index is 13.2. The molecule has 3 aliphatic heterocycles. The summed E-state index contributed by atoms with van der Waals surface area (Å²) in [5.41, 5.74) is -3.24. The van der Waals surface area contributed by atoms with Gasteiger partial charge in [0, 0.05) is 17.9 Å². The average Bonchev–Trinajstić information content (AvgIpc) is 3.64. The van der Waals surface area contributed by atoms with Gasteiger partial charge in [-0.2, -0.15) is 0 Å². The van der Waals surface area contributed by atoms with Crippen LogP contribution in [0.25, 0.3) is 0 Å². The molecule has 50 heavy (non-hydrogen) atoms. The van der Waals surface area contributed by atoms with Crippen LogP contribution in [0, 0.1) is 28.6 Å². The molecule has 0 amide bonds. The lowest BCUT2D eigenvalue weighted by molar-refractivity contribution is -0.363. The Hall–Kier alpha value is -1.60. The molecule has 8 N–H and O–H groups in total. The second-order valence-electron chi connectivity index (χ2n) is 16.2. The molecule has 0 bridgehead atoms. The molecule has 0 aromatic heterocycles. The Morgan fingerprint density at radius 2 is 1.58 bits per heavy atom. The number of ether oxygens (including phenoxy) is 5. The van der Waals surface area contributed by atoms with Gasteiger partial charge in [-0.05, 0) is 81.6 Å². The number of rotatable bonds is 7. The van der Waals surface area contributed by atoms with E-state index in [1.165, 1.54) is 6.92 Å². The first-order chi connectivity index (χ1) is 23.6. The van der Waals surface area contributed by atoms with Crippen molar-refractivity contribution in [2.75, 3.05) is 13.2 Å². The van der Waals surface area contributed by atoms with Gasteiger partial charge in [0.05, 0.1) is 35.4 Å². The predicted octanol–water partition coefficient (Wildman–Crippen LogP) is -1.43. The zero-order valence-corrected chi connectivity index (χ0v) is 28.5. The molecule has 2 saturated heterocycles. The summed E-state index contributed by atoms with van der Waals surface area (Å²) in [6.45, 7) is 3.17. The molecule has 6 fully saturated rings. The highest BCUT2D eigenvalue weighted by molar-refractivity contribution is 5.85. The van der Waals surface area contributed by atoms with Crippen molar-refractivity contribution >= 4 is 12.3 Å². The van der Waals surface area contributed by atoms with Gasteiger partial charge in [0.2, 0.25) is 0 Å². The third-order valence-corrected chi connectivity index (χ3v) is 14.1. The molecule has 15 heteroatoms. The summed E-state index contributed by atoms with van der Waals surface area (Å²) < 4.78 is 28.5. The van der Waals surface area contributed by atoms with Crippen molar-refractivity contribution in [3.8, 4) is 0 Å². The van der Waals surface area contributed by atoms with Gasteiger partial charge < -0.3 is 69.3 Å². The quantitative estimate of drug-likeness (QED) is 0.0858. The van der Waals surface area contributed by atoms with Gasteiger partial charge in [0.25, 0.3) is 0 Å². The Bertz CT molecular complexity index is 1340. The van der Waals surface area contributed by atoms with Crippen molar-refractivity contribution in [3.63, 3.8) is 0 Å². The molecule has 282 valence electrons. The summed E-state index contributed by atoms with van der Waals surface area (Å²) >= 11 is 0. The second kappa shape index (κ2) is 13.1. The van der Waals surface area contributed by atoms with Crippen molar-refractivity contribution in [2.24, 2.45) is 28.6 Å². The number of aliphatic hydroxyl groups excluding tert-OH is 6. The first-order valence-electron chi connectivity index (χ1n) is 18.0. The minimum atomic E-state index is -1.76. The summed E-state index contributed by atoms with van der Waals surface area (Å²) in [5, 5.41) is 87.3. The maximum Gasteiger partial charge on any atom is 0.331 e. The number of fused-ring (bicyclic) bond motifs is 5. The molecule has 7 rings (SSSR count). The number of carbonyl (C=O) groups excluding carboxylic acids is 2. The number of hydrogen-bond acceptors (Lipinski definition) is 15. The molecule has 0 aromatic carbocycles. The van der Waals surface area contributed by atoms with Gasteiger partial charge in [0.15, 0.2) is 12.6 Å². The first-order valence-corrected chi connectivity index (χ1v) is 18.0. The van der Waals surface area contributed by atoms with Crippen LogP contribution >= 0.6 is 0 Å². The summed E-state index contributed by atoms with van der Waals surface area (Å²) in [7, 11) is 0. The van der Waals surface area contributed by atoms with E-state index in [2.05, 4.69) is 6.92 Å². The van der Waals surface area contributed by atoms with Gasteiger partial charge in [-0.3, -0.25) is 0 Å². The fourth-order valence-corrected chi connectivity index (χ4v) is 11.2. The molecule has 15 nitrogen and oxygen atoms in total. The standard InChI is InChI=1S/C35H52O15/c1-16-24(39)29(50-30-27(42)26(41)25(40)22(13-36)49-30)28(43)31(47-16)48-18-3-8-33(15-37)20-4-7-32(2)19(17-11-23(38)46-14-17)6-10-35(32,45)21(20)5-9-34(33,44)12-18/h11,15-16,18-22,24-31,36,39-45H,3-10,12-14H2,1-2H3. The Labute approximate surface area is 290 Å². The number of aldehydes is 1. The highest BCUT2D eigenvalue weighted by Gasteiger charge is 2.71. The minimum Gasteiger partial charge on any atom is -0.458 e. The van der Waals surface area contributed by atoms with E-state index >= 15 is 0 Å². The van der Waals surface area contributed by atoms with Crippen LogP contribution in [-0.4, -0.2) is 145 Å². The third-order valence-electron chi connectivity index (χ3n) is 14.1. The van der Waals surface area contributed by atoms with Crippen LogP contribution in [0.15, 0.2) is 11.6 Å². The van der Waals surface area contributed by atoms with E-state index in [1.807, 2.05) is 0 Å². The fraction of sp³-hybridized carbons (Fsp3) is 0.886. The molecule has 7 aliphatic rings. The predicted molar refractivity (Wildman–Crippen MR) is 167 cm³/mol. The normalized spacial score (nSPS) is 55.0. The lowest BCUT2D eigenvalue weighted by Crippen LogP contribution is -2.69. The minimum absolute atomic E-state index is 0.00614. The topological polar surface area (TPSA) is 242 Å². The Morgan fingerprint density at radius 1 is 0.860 bits per heavy atom. The molecule has 0 spiro atoms. The molecule has 0 aromatic rings. The zero-order valence-electron chi connectivity index (χ0n) is 28.5. The molecule has 4 aliphatic carbocycles. The zero-order chi connectivity index (χ0) is 36.0. The highest BCUT2D eigenvalue weighted by atomic mass is 16.7. The smallest absolute Gasteiger partial charge is 0.331 e. The molecule has 18 unspecified atom stereocenters. The van der Waals surface area contributed by atoms with Crippen LogP contribution in [0.3, 0.4) is 0 Å². The lowest BCUT2D eigenvalue weighted by atomic mass is 9.41. The summed E-state index contributed by atoms with van der Waals surface area (Å²) in [6.07, 6.45) is -8.95. The second-order valence-corrected chi connectivity index (χ2v) is 16.2. The number of cyclic esters (lactones) is 1. The molecule has 18 atom stereocenters. The van der Waals surface area contributed by atoms with Crippen LogP contribution < -0.4 is 0 Å². The van der Waals surface area contributed by atoms with Gasteiger partial charge in [0.1, 0.15) is 55.6 Å². The molecule has 3 heterocycles. The number of carbonyl (C=O) groups is 2. The van der Waals surface area contributed by atoms with E-state index in [1.54, 1.807) is 6.08 Å². The number of hydrogen-bond donors (Lipinski definition) is 8. The maximum atomic E-state index is 13.2. The van der Waals surface area contributed by atoms with E-state index in [9.17, 15) is 50.4 Å². The van der Waals surface area contributed by atoms with Crippen molar-refractivity contribution in [1.82, 2.24) is 0 Å². The molecular weight excluding hydrogens is 660 g/mol. The Balaban J connectivity index is 1.05. The van der Waals surface area contributed by atoms with E-state index in [-0.39, 0.29) is 49.6 Å². The Kier molecular flexibility index (Phi) is 9.60. The SMILES string of the molecule is CC1OC(OC2CCC3(C=O)C4CCC5(C)C(C6=CC(=O)OC6)CCC5(O)C4CCC3(O)C2)C(O)C(OC2OC(CO)C(O)C(O)C2O)C1O. The largest absolute Gasteiger partial charge is 0.458 e. The van der Waals surface area contributed by atoms with E-state index in [4.69, 9.17) is 23.7 Å². The molecule has 0 radical (unpaired) electrons. The van der Waals surface area contributed by atoms with Gasteiger partial charge in [-0.25, -0.2) is 4.79 Å². The monoisotopic (exact) mass is 712 g/mol. The summed E-state index contributed by atoms with van der Waals surface area (Å²) in [4.78, 5) is 25.1. The van der Waals surface area contributed by atoms with Crippen LogP contribution in [0.1, 0.15) is 71.6 Å². The van der Waals surface area contributed by atoms with E-state index in [0.717, 1.165) is 11.9 Å². The van der Waals surface area contributed by atoms with E-state index in [0.29, 0.717) is 38.5 Å². The average molecular weight is 713 g/mol. The molecular formula is C35H52O15. The van der Waals surface area contributed by atoms with Gasteiger partial charge in [-0.1, -0.05) is 6.92 Å². The van der Waals surface area contributed by atoms with Crippen molar-refractivity contribution in [3.05, 3.63) is 11.6 Å². The van der Waals surface area contributed by atoms with Gasteiger partial charge >= 0.3 is 5.97 Å². The number of aliphatic hydroxyl groups is 8. The summed E-state index contributed by atoms with van der Waals surface area (Å²) in [6, 6.07) is 0. The third kappa shape index (κ3) is 5.37. The highest BCUT2D eigenvalue weighted by Crippen LogP contribution is 2.70. The fourth-order valence-electron chi connectivity index (χ4n) is 11.2. The summed E-state index contributed by atoms with van der Waals surface area (Å²) in [5.74, 6) is -0.856. The Morgan fingerprint density at radius 3 is 2.26 bits per heavy atom. The molecule has 4 saturated carbocycles.